The van der Waals surface area contributed by atoms with E-state index in [1.165, 1.54) is 17.3 Å². The molecule has 0 aliphatic carbocycles. The normalized spacial score (nSPS) is 10.2. The summed E-state index contributed by atoms with van der Waals surface area (Å²) in [5.41, 5.74) is 2.11. The van der Waals surface area contributed by atoms with Gasteiger partial charge in [-0.3, -0.25) is 4.79 Å². The highest BCUT2D eigenvalue weighted by Crippen LogP contribution is 2.32. The van der Waals surface area contributed by atoms with Gasteiger partial charge in [-0.05, 0) is 42.7 Å². The van der Waals surface area contributed by atoms with Gasteiger partial charge in [0.15, 0.2) is 6.61 Å². The summed E-state index contributed by atoms with van der Waals surface area (Å²) >= 11 is 1.32. The zero-order chi connectivity index (χ0) is 21.9. The number of rotatable bonds is 9. The van der Waals surface area contributed by atoms with Gasteiger partial charge in [0.2, 0.25) is 0 Å². The van der Waals surface area contributed by atoms with Gasteiger partial charge in [-0.15, -0.1) is 0 Å². The number of nitriles is 1. The van der Waals surface area contributed by atoms with Gasteiger partial charge >= 0.3 is 5.97 Å². The third kappa shape index (κ3) is 6.73. The summed E-state index contributed by atoms with van der Waals surface area (Å²) in [4.78, 5) is 26.0. The van der Waals surface area contributed by atoms with Crippen LogP contribution in [0.2, 0.25) is 0 Å². The predicted octanol–water partition coefficient (Wildman–Crippen LogP) is 4.62. The van der Waals surface area contributed by atoms with Gasteiger partial charge in [-0.1, -0.05) is 66.4 Å². The molecule has 31 heavy (non-hydrogen) atoms. The van der Waals surface area contributed by atoms with E-state index in [0.29, 0.717) is 22.6 Å². The molecular formula is C25H22N2O3S. The van der Waals surface area contributed by atoms with Crippen molar-refractivity contribution in [1.29, 1.82) is 5.26 Å². The number of hydrogen-bond acceptors (Lipinski definition) is 5. The summed E-state index contributed by atoms with van der Waals surface area (Å²) < 4.78 is 5.21. The van der Waals surface area contributed by atoms with E-state index in [0.717, 1.165) is 17.7 Å². The van der Waals surface area contributed by atoms with E-state index >= 15 is 0 Å². The SMILES string of the molecule is N#Cc1ccccc1Sc1ccccc1C(=O)OCC(=O)NCCCc1ccccc1. The minimum atomic E-state index is -0.572. The zero-order valence-electron chi connectivity index (χ0n) is 16.9. The predicted molar refractivity (Wildman–Crippen MR) is 120 cm³/mol. The maximum atomic E-state index is 12.5. The summed E-state index contributed by atoms with van der Waals surface area (Å²) in [5, 5.41) is 12.0. The Hall–Kier alpha value is -3.56. The van der Waals surface area contributed by atoms with Crippen LogP contribution in [-0.4, -0.2) is 25.0 Å². The maximum absolute atomic E-state index is 12.5. The Labute approximate surface area is 186 Å². The van der Waals surface area contributed by atoms with Crippen molar-refractivity contribution >= 4 is 23.6 Å². The molecule has 0 aliphatic rings. The van der Waals surface area contributed by atoms with Gasteiger partial charge in [0, 0.05) is 16.3 Å². The first-order valence-corrected chi connectivity index (χ1v) is 10.7. The summed E-state index contributed by atoms with van der Waals surface area (Å²) in [5.74, 6) is -0.904. The highest BCUT2D eigenvalue weighted by Gasteiger charge is 2.16. The Morgan fingerprint density at radius 1 is 0.903 bits per heavy atom. The first-order valence-electron chi connectivity index (χ1n) is 9.91. The fourth-order valence-corrected chi connectivity index (χ4v) is 3.93. The molecule has 0 aromatic heterocycles. The topological polar surface area (TPSA) is 79.2 Å². The fraction of sp³-hybridized carbons (Fsp3) is 0.160. The Kier molecular flexibility index (Phi) is 8.27. The number of nitrogens with zero attached hydrogens (tertiary/aromatic N) is 1. The Balaban J connectivity index is 1.50. The first kappa shape index (κ1) is 22.1. The van der Waals surface area contributed by atoms with E-state index in [9.17, 15) is 14.9 Å². The van der Waals surface area contributed by atoms with E-state index in [1.807, 2.05) is 48.5 Å². The molecule has 0 radical (unpaired) electrons. The number of hydrogen-bond donors (Lipinski definition) is 1. The second kappa shape index (κ2) is 11.6. The van der Waals surface area contributed by atoms with E-state index in [-0.39, 0.29) is 12.5 Å². The zero-order valence-corrected chi connectivity index (χ0v) is 17.7. The van der Waals surface area contributed by atoms with Crippen LogP contribution in [0.5, 0.6) is 0 Å². The molecule has 0 aliphatic heterocycles. The summed E-state index contributed by atoms with van der Waals surface area (Å²) in [6.07, 6.45) is 1.68. The summed E-state index contributed by atoms with van der Waals surface area (Å²) in [6, 6.07) is 26.4. The van der Waals surface area contributed by atoms with Crippen LogP contribution in [0.15, 0.2) is 88.7 Å². The number of esters is 1. The average Bonchev–Trinajstić information content (AvgIpc) is 2.81. The lowest BCUT2D eigenvalue weighted by molar-refractivity contribution is -0.124. The van der Waals surface area contributed by atoms with Crippen LogP contribution in [0.1, 0.15) is 27.9 Å². The number of carbonyl (C=O) groups is 2. The molecule has 0 unspecified atom stereocenters. The number of benzene rings is 3. The van der Waals surface area contributed by atoms with Gasteiger partial charge in [0.25, 0.3) is 5.91 Å². The molecule has 3 aromatic rings. The van der Waals surface area contributed by atoms with Crippen LogP contribution < -0.4 is 5.32 Å². The molecule has 0 bridgehead atoms. The molecule has 0 fully saturated rings. The van der Waals surface area contributed by atoms with Crippen molar-refractivity contribution in [2.45, 2.75) is 22.6 Å². The van der Waals surface area contributed by atoms with Crippen LogP contribution in [-0.2, 0) is 16.0 Å². The molecule has 6 heteroatoms. The van der Waals surface area contributed by atoms with Crippen molar-refractivity contribution < 1.29 is 14.3 Å². The Morgan fingerprint density at radius 2 is 1.58 bits per heavy atom. The minimum Gasteiger partial charge on any atom is -0.452 e. The van der Waals surface area contributed by atoms with Crippen molar-refractivity contribution in [3.63, 3.8) is 0 Å². The number of ether oxygens (including phenoxy) is 1. The molecule has 5 nitrogen and oxygen atoms in total. The minimum absolute atomic E-state index is 0.332. The van der Waals surface area contributed by atoms with Crippen molar-refractivity contribution in [2.24, 2.45) is 0 Å². The quantitative estimate of drug-likeness (QED) is 0.396. The molecule has 3 rings (SSSR count). The molecule has 1 amide bonds. The van der Waals surface area contributed by atoms with Crippen molar-refractivity contribution in [3.8, 4) is 6.07 Å². The number of amides is 1. The lowest BCUT2D eigenvalue weighted by Gasteiger charge is -2.10. The number of aryl methyl sites for hydroxylation is 1. The molecule has 0 spiro atoms. The molecular weight excluding hydrogens is 408 g/mol. The van der Waals surface area contributed by atoms with Crippen LogP contribution in [0.25, 0.3) is 0 Å². The molecule has 0 saturated heterocycles. The molecule has 0 heterocycles. The van der Waals surface area contributed by atoms with E-state index in [2.05, 4.69) is 11.4 Å². The van der Waals surface area contributed by atoms with Crippen molar-refractivity contribution in [1.82, 2.24) is 5.32 Å². The van der Waals surface area contributed by atoms with Crippen LogP contribution in [0.3, 0.4) is 0 Å². The smallest absolute Gasteiger partial charge is 0.339 e. The third-order valence-corrected chi connectivity index (χ3v) is 5.63. The molecule has 1 N–H and O–H groups in total. The van der Waals surface area contributed by atoms with Gasteiger partial charge in [-0.2, -0.15) is 5.26 Å². The summed E-state index contributed by atoms with van der Waals surface area (Å²) in [7, 11) is 0. The van der Waals surface area contributed by atoms with Gasteiger partial charge in [0.1, 0.15) is 6.07 Å². The standard InChI is InChI=1S/C25H22N2O3S/c26-17-20-12-4-6-14-22(20)31-23-15-7-5-13-21(23)25(29)30-18-24(28)27-16-8-11-19-9-2-1-3-10-19/h1-7,9-10,12-15H,8,11,16,18H2,(H,27,28). The lowest BCUT2D eigenvalue weighted by Crippen LogP contribution is -2.29. The summed E-state index contributed by atoms with van der Waals surface area (Å²) in [6.45, 7) is 0.181. The monoisotopic (exact) mass is 430 g/mol. The van der Waals surface area contributed by atoms with Gasteiger partial charge in [0.05, 0.1) is 11.1 Å². The number of nitrogens with one attached hydrogen (secondary N) is 1. The van der Waals surface area contributed by atoms with E-state index < -0.39 is 5.97 Å². The lowest BCUT2D eigenvalue weighted by atomic mass is 10.1. The van der Waals surface area contributed by atoms with E-state index in [4.69, 9.17) is 4.74 Å². The highest BCUT2D eigenvalue weighted by molar-refractivity contribution is 7.99. The molecule has 156 valence electrons. The van der Waals surface area contributed by atoms with Crippen LogP contribution in [0.4, 0.5) is 0 Å². The molecule has 3 aromatic carbocycles. The van der Waals surface area contributed by atoms with Gasteiger partial charge < -0.3 is 10.1 Å². The van der Waals surface area contributed by atoms with Crippen LogP contribution >= 0.6 is 11.8 Å². The molecule has 0 saturated carbocycles. The van der Waals surface area contributed by atoms with E-state index in [1.54, 1.807) is 30.3 Å². The fourth-order valence-electron chi connectivity index (χ4n) is 2.92. The highest BCUT2D eigenvalue weighted by atomic mass is 32.2. The largest absolute Gasteiger partial charge is 0.452 e. The molecule has 0 atom stereocenters. The second-order valence-electron chi connectivity index (χ2n) is 6.72. The van der Waals surface area contributed by atoms with Crippen molar-refractivity contribution in [3.05, 3.63) is 95.6 Å². The second-order valence-corrected chi connectivity index (χ2v) is 7.81. The third-order valence-electron chi connectivity index (χ3n) is 4.48. The first-order chi connectivity index (χ1) is 15.2. The maximum Gasteiger partial charge on any atom is 0.339 e. The van der Waals surface area contributed by atoms with Crippen molar-refractivity contribution in [2.75, 3.05) is 13.2 Å². The average molecular weight is 431 g/mol. The van der Waals surface area contributed by atoms with Gasteiger partial charge in [-0.25, -0.2) is 4.79 Å². The Morgan fingerprint density at radius 3 is 2.35 bits per heavy atom. The Bertz CT molecular complexity index is 1080. The number of carbonyl (C=O) groups excluding carboxylic acids is 2. The van der Waals surface area contributed by atoms with Crippen LogP contribution in [0, 0.1) is 11.3 Å².